The molecule has 0 radical (unpaired) electrons. The Morgan fingerprint density at radius 2 is 1.91 bits per heavy atom. The van der Waals surface area contributed by atoms with Crippen molar-refractivity contribution in [2.24, 2.45) is 0 Å². The lowest BCUT2D eigenvalue weighted by molar-refractivity contribution is 0.799. The summed E-state index contributed by atoms with van der Waals surface area (Å²) in [7, 11) is 0. The third-order valence-corrected chi connectivity index (χ3v) is 3.29. The zero-order valence-electron chi connectivity index (χ0n) is 12.9. The van der Waals surface area contributed by atoms with Gasteiger partial charge in [0.05, 0.1) is 18.1 Å². The molecule has 0 unspecified atom stereocenters. The quantitative estimate of drug-likeness (QED) is 0.801. The lowest BCUT2D eigenvalue weighted by Crippen LogP contribution is -2.07. The maximum absolute atomic E-state index is 4.56. The number of anilines is 1. The molecule has 3 aromatic rings. The van der Waals surface area contributed by atoms with Crippen LogP contribution in [0.5, 0.6) is 0 Å². The van der Waals surface area contributed by atoms with Gasteiger partial charge in [0.15, 0.2) is 5.82 Å². The molecular weight excluding hydrogens is 276 g/mol. The number of pyridine rings is 1. The van der Waals surface area contributed by atoms with Crippen LogP contribution in [-0.2, 0) is 6.54 Å². The summed E-state index contributed by atoms with van der Waals surface area (Å²) in [5.74, 6) is 1.42. The van der Waals surface area contributed by atoms with Gasteiger partial charge >= 0.3 is 0 Å². The zero-order chi connectivity index (χ0) is 15.5. The molecule has 6 nitrogen and oxygen atoms in total. The Kier molecular flexibility index (Phi) is 3.82. The molecule has 0 saturated carbocycles. The topological polar surface area (TPSA) is 68.5 Å². The molecule has 0 spiro atoms. The first-order chi connectivity index (χ1) is 10.6. The highest BCUT2D eigenvalue weighted by Gasteiger charge is 2.06. The molecule has 0 aliphatic carbocycles. The Labute approximate surface area is 129 Å². The second-order valence-electron chi connectivity index (χ2n) is 5.26. The summed E-state index contributed by atoms with van der Waals surface area (Å²) in [6.07, 6.45) is 5.27. The molecule has 0 saturated heterocycles. The van der Waals surface area contributed by atoms with Crippen LogP contribution in [0.15, 0.2) is 36.8 Å². The number of rotatable bonds is 4. The predicted octanol–water partition coefficient (Wildman–Crippen LogP) is 2.59. The van der Waals surface area contributed by atoms with Gasteiger partial charge in [-0.2, -0.15) is 5.10 Å². The van der Waals surface area contributed by atoms with Crippen LogP contribution in [0.1, 0.15) is 22.6 Å². The van der Waals surface area contributed by atoms with Crippen LogP contribution in [-0.4, -0.2) is 24.7 Å². The summed E-state index contributed by atoms with van der Waals surface area (Å²) >= 11 is 0. The fourth-order valence-corrected chi connectivity index (χ4v) is 2.20. The molecular formula is C16H18N6. The number of aryl methyl sites for hydroxylation is 3. The Bertz CT molecular complexity index is 776. The van der Waals surface area contributed by atoms with Crippen molar-refractivity contribution in [2.45, 2.75) is 27.3 Å². The van der Waals surface area contributed by atoms with Crippen molar-refractivity contribution in [1.82, 2.24) is 24.7 Å². The second-order valence-corrected chi connectivity index (χ2v) is 5.26. The van der Waals surface area contributed by atoms with Gasteiger partial charge in [-0.05, 0) is 38.5 Å². The van der Waals surface area contributed by atoms with Gasteiger partial charge in [0.25, 0.3) is 0 Å². The summed E-state index contributed by atoms with van der Waals surface area (Å²) in [5.41, 5.74) is 4.11. The summed E-state index contributed by atoms with van der Waals surface area (Å²) in [6, 6.07) is 6.06. The van der Waals surface area contributed by atoms with Crippen molar-refractivity contribution in [3.8, 4) is 5.82 Å². The fourth-order valence-electron chi connectivity index (χ4n) is 2.20. The minimum Gasteiger partial charge on any atom is -0.365 e. The van der Waals surface area contributed by atoms with Crippen LogP contribution in [0.25, 0.3) is 5.82 Å². The van der Waals surface area contributed by atoms with Crippen molar-refractivity contribution in [3.63, 3.8) is 0 Å². The third kappa shape index (κ3) is 3.11. The SMILES string of the molecule is Cc1ccc(CNc2cncc(-n3nc(C)cc3C)n2)cn1. The molecule has 0 aliphatic heterocycles. The van der Waals surface area contributed by atoms with Gasteiger partial charge in [-0.3, -0.25) is 9.97 Å². The Balaban J connectivity index is 1.76. The summed E-state index contributed by atoms with van der Waals surface area (Å²) < 4.78 is 1.79. The first-order valence-electron chi connectivity index (χ1n) is 7.13. The van der Waals surface area contributed by atoms with Crippen molar-refractivity contribution < 1.29 is 0 Å². The van der Waals surface area contributed by atoms with E-state index in [0.29, 0.717) is 18.2 Å². The lowest BCUT2D eigenvalue weighted by Gasteiger charge is -2.08. The van der Waals surface area contributed by atoms with Crippen LogP contribution in [0.3, 0.4) is 0 Å². The van der Waals surface area contributed by atoms with E-state index in [9.17, 15) is 0 Å². The maximum atomic E-state index is 4.56. The van der Waals surface area contributed by atoms with Gasteiger partial charge in [-0.25, -0.2) is 9.67 Å². The molecule has 1 N–H and O–H groups in total. The average molecular weight is 294 g/mol. The average Bonchev–Trinajstić information content (AvgIpc) is 2.86. The third-order valence-electron chi connectivity index (χ3n) is 3.29. The van der Waals surface area contributed by atoms with Gasteiger partial charge in [0, 0.05) is 24.1 Å². The van der Waals surface area contributed by atoms with Gasteiger partial charge in [-0.15, -0.1) is 0 Å². The number of nitrogens with zero attached hydrogens (tertiary/aromatic N) is 5. The van der Waals surface area contributed by atoms with E-state index < -0.39 is 0 Å². The van der Waals surface area contributed by atoms with E-state index in [1.54, 1.807) is 17.1 Å². The van der Waals surface area contributed by atoms with Crippen molar-refractivity contribution in [3.05, 3.63) is 59.4 Å². The summed E-state index contributed by atoms with van der Waals surface area (Å²) in [5, 5.41) is 7.69. The first kappa shape index (κ1) is 14.2. The summed E-state index contributed by atoms with van der Waals surface area (Å²) in [4.78, 5) is 13.1. The number of hydrogen-bond acceptors (Lipinski definition) is 5. The lowest BCUT2D eigenvalue weighted by atomic mass is 10.2. The Morgan fingerprint density at radius 3 is 2.59 bits per heavy atom. The van der Waals surface area contributed by atoms with E-state index in [-0.39, 0.29) is 0 Å². The predicted molar refractivity (Wildman–Crippen MR) is 84.9 cm³/mol. The number of hydrogen-bond donors (Lipinski definition) is 1. The zero-order valence-corrected chi connectivity index (χ0v) is 12.9. The first-order valence-corrected chi connectivity index (χ1v) is 7.13. The highest BCUT2D eigenvalue weighted by molar-refractivity contribution is 5.37. The van der Waals surface area contributed by atoms with Crippen LogP contribution in [0.2, 0.25) is 0 Å². The fraction of sp³-hybridized carbons (Fsp3) is 0.250. The van der Waals surface area contributed by atoms with E-state index in [1.165, 1.54) is 0 Å². The maximum Gasteiger partial charge on any atom is 0.174 e. The molecule has 6 heteroatoms. The van der Waals surface area contributed by atoms with Gasteiger partial charge in [0.2, 0.25) is 0 Å². The van der Waals surface area contributed by atoms with Crippen molar-refractivity contribution in [2.75, 3.05) is 5.32 Å². The monoisotopic (exact) mass is 294 g/mol. The van der Waals surface area contributed by atoms with Crippen molar-refractivity contribution in [1.29, 1.82) is 0 Å². The molecule has 3 heterocycles. The van der Waals surface area contributed by atoms with E-state index >= 15 is 0 Å². The van der Waals surface area contributed by atoms with E-state index in [1.807, 2.05) is 45.2 Å². The molecule has 0 bridgehead atoms. The normalized spacial score (nSPS) is 10.7. The minimum absolute atomic E-state index is 0.655. The molecule has 0 fully saturated rings. The standard InChI is InChI=1S/C16H18N6/c1-11-4-5-14(7-18-11)8-19-15-9-17-10-16(20-15)22-13(3)6-12(2)21-22/h4-7,9-10H,8H2,1-3H3,(H,19,20). The largest absolute Gasteiger partial charge is 0.365 e. The van der Waals surface area contributed by atoms with Gasteiger partial charge in [0.1, 0.15) is 5.82 Å². The molecule has 3 aromatic heterocycles. The number of aromatic nitrogens is 5. The van der Waals surface area contributed by atoms with Crippen LogP contribution in [0, 0.1) is 20.8 Å². The highest BCUT2D eigenvalue weighted by Crippen LogP contribution is 2.12. The van der Waals surface area contributed by atoms with E-state index in [4.69, 9.17) is 0 Å². The molecule has 0 amide bonds. The molecule has 0 atom stereocenters. The van der Waals surface area contributed by atoms with Crippen LogP contribution in [0.4, 0.5) is 5.82 Å². The Hall–Kier alpha value is -2.76. The van der Waals surface area contributed by atoms with Crippen LogP contribution < -0.4 is 5.32 Å². The smallest absolute Gasteiger partial charge is 0.174 e. The van der Waals surface area contributed by atoms with E-state index in [0.717, 1.165) is 22.6 Å². The molecule has 22 heavy (non-hydrogen) atoms. The molecule has 0 aliphatic rings. The molecule has 112 valence electrons. The second kappa shape index (κ2) is 5.93. The van der Waals surface area contributed by atoms with Gasteiger partial charge < -0.3 is 5.32 Å². The van der Waals surface area contributed by atoms with Crippen LogP contribution >= 0.6 is 0 Å². The highest BCUT2D eigenvalue weighted by atomic mass is 15.3. The molecule has 0 aromatic carbocycles. The summed E-state index contributed by atoms with van der Waals surface area (Å²) in [6.45, 7) is 6.59. The van der Waals surface area contributed by atoms with Crippen molar-refractivity contribution >= 4 is 5.82 Å². The number of nitrogens with one attached hydrogen (secondary N) is 1. The van der Waals surface area contributed by atoms with E-state index in [2.05, 4.69) is 25.4 Å². The minimum atomic E-state index is 0.655. The Morgan fingerprint density at radius 1 is 1.05 bits per heavy atom. The molecule has 3 rings (SSSR count). The van der Waals surface area contributed by atoms with Gasteiger partial charge in [-0.1, -0.05) is 6.07 Å².